The van der Waals surface area contributed by atoms with E-state index < -0.39 is 23.8 Å². The summed E-state index contributed by atoms with van der Waals surface area (Å²) < 4.78 is 15.3. The van der Waals surface area contributed by atoms with Gasteiger partial charge in [-0.25, -0.2) is 9.59 Å². The van der Waals surface area contributed by atoms with Gasteiger partial charge in [0, 0.05) is 13.7 Å². The van der Waals surface area contributed by atoms with E-state index in [1.165, 1.54) is 7.11 Å². The molecule has 1 aromatic carbocycles. The maximum atomic E-state index is 11.8. The van der Waals surface area contributed by atoms with Crippen LogP contribution in [0.3, 0.4) is 0 Å². The van der Waals surface area contributed by atoms with Crippen molar-refractivity contribution in [1.82, 2.24) is 10.6 Å². The Bertz CT molecular complexity index is 513. The molecule has 0 saturated carbocycles. The van der Waals surface area contributed by atoms with Gasteiger partial charge in [0.2, 0.25) is 0 Å². The summed E-state index contributed by atoms with van der Waals surface area (Å²) in [6, 6.07) is 8.94. The van der Waals surface area contributed by atoms with E-state index in [9.17, 15) is 9.59 Å². The Morgan fingerprint density at radius 1 is 1.12 bits per heavy atom. The second-order valence-corrected chi connectivity index (χ2v) is 6.24. The van der Waals surface area contributed by atoms with Crippen LogP contribution in [0, 0.1) is 0 Å². The molecule has 2 amide bonds. The van der Waals surface area contributed by atoms with Crippen LogP contribution in [0.1, 0.15) is 26.3 Å². The average molecular weight is 338 g/mol. The number of nitrogens with one attached hydrogen (secondary N) is 2. The molecule has 0 radical (unpaired) electrons. The molecule has 1 atom stereocenters. The minimum Gasteiger partial charge on any atom is -0.445 e. The monoisotopic (exact) mass is 338 g/mol. The lowest BCUT2D eigenvalue weighted by atomic mass is 10.2. The van der Waals surface area contributed by atoms with Crippen LogP contribution in [-0.4, -0.2) is 44.1 Å². The minimum atomic E-state index is -0.594. The molecule has 1 aromatic rings. The Morgan fingerprint density at radius 3 is 2.38 bits per heavy atom. The van der Waals surface area contributed by atoms with Crippen molar-refractivity contribution in [2.45, 2.75) is 39.0 Å². The van der Waals surface area contributed by atoms with Crippen molar-refractivity contribution in [3.8, 4) is 0 Å². The van der Waals surface area contributed by atoms with Gasteiger partial charge in [0.25, 0.3) is 0 Å². The summed E-state index contributed by atoms with van der Waals surface area (Å²) >= 11 is 0. The number of methoxy groups -OCH3 is 1. The van der Waals surface area contributed by atoms with Gasteiger partial charge in [-0.2, -0.15) is 0 Å². The molecule has 0 saturated heterocycles. The third kappa shape index (κ3) is 8.99. The number of rotatable bonds is 7. The van der Waals surface area contributed by atoms with Crippen LogP contribution in [0.25, 0.3) is 0 Å². The van der Waals surface area contributed by atoms with E-state index in [0.717, 1.165) is 5.56 Å². The van der Waals surface area contributed by atoms with Gasteiger partial charge in [0.15, 0.2) is 0 Å². The zero-order valence-corrected chi connectivity index (χ0v) is 14.6. The largest absolute Gasteiger partial charge is 0.445 e. The number of hydrogen-bond donors (Lipinski definition) is 2. The van der Waals surface area contributed by atoms with Gasteiger partial charge in [0.1, 0.15) is 12.2 Å². The number of amides is 2. The van der Waals surface area contributed by atoms with Gasteiger partial charge in [-0.05, 0) is 26.3 Å². The summed E-state index contributed by atoms with van der Waals surface area (Å²) in [5, 5.41) is 5.24. The van der Waals surface area contributed by atoms with Gasteiger partial charge >= 0.3 is 12.2 Å². The van der Waals surface area contributed by atoms with Crippen LogP contribution in [0.2, 0.25) is 0 Å². The molecule has 0 aliphatic carbocycles. The average Bonchev–Trinajstić information content (AvgIpc) is 2.50. The fourth-order valence-corrected chi connectivity index (χ4v) is 1.81. The van der Waals surface area contributed by atoms with Crippen LogP contribution in [0.5, 0.6) is 0 Å². The number of benzene rings is 1. The van der Waals surface area contributed by atoms with Crippen LogP contribution in [0.4, 0.5) is 9.59 Å². The molecular weight excluding hydrogens is 312 g/mol. The molecule has 1 rings (SSSR count). The van der Waals surface area contributed by atoms with Crippen LogP contribution in [-0.2, 0) is 20.8 Å². The predicted octanol–water partition coefficient (Wildman–Crippen LogP) is 2.45. The fourth-order valence-electron chi connectivity index (χ4n) is 1.81. The normalized spacial score (nSPS) is 12.2. The molecule has 134 valence electrons. The number of hydrogen-bond acceptors (Lipinski definition) is 5. The van der Waals surface area contributed by atoms with Crippen molar-refractivity contribution in [1.29, 1.82) is 0 Å². The zero-order chi connectivity index (χ0) is 18.0. The Labute approximate surface area is 142 Å². The molecule has 0 aliphatic rings. The lowest BCUT2D eigenvalue weighted by Crippen LogP contribution is -2.47. The summed E-state index contributed by atoms with van der Waals surface area (Å²) in [6.45, 7) is 5.91. The molecule has 0 aromatic heterocycles. The second-order valence-electron chi connectivity index (χ2n) is 6.24. The Balaban J connectivity index is 2.36. The molecule has 2 N–H and O–H groups in total. The first-order valence-electron chi connectivity index (χ1n) is 7.73. The van der Waals surface area contributed by atoms with Gasteiger partial charge in [0.05, 0.1) is 12.6 Å². The van der Waals surface area contributed by atoms with E-state index in [1.807, 2.05) is 30.3 Å². The third-order valence-corrected chi connectivity index (χ3v) is 2.79. The predicted molar refractivity (Wildman–Crippen MR) is 89.7 cm³/mol. The molecule has 0 bridgehead atoms. The molecule has 7 nitrogen and oxygen atoms in total. The van der Waals surface area contributed by atoms with Crippen LogP contribution in [0.15, 0.2) is 30.3 Å². The standard InChI is InChI=1S/C17H26N2O5/c1-17(2,3)24-16(21)19-14(12-22-4)10-18-15(20)23-11-13-8-6-5-7-9-13/h5-9,14H,10-12H2,1-4H3,(H,18,20)(H,19,21). The first-order chi connectivity index (χ1) is 11.3. The number of carbonyl (C=O) groups is 2. The molecule has 0 fully saturated rings. The van der Waals surface area contributed by atoms with Crippen molar-refractivity contribution in [3.05, 3.63) is 35.9 Å². The van der Waals surface area contributed by atoms with E-state index in [2.05, 4.69) is 10.6 Å². The van der Waals surface area contributed by atoms with E-state index in [0.29, 0.717) is 0 Å². The van der Waals surface area contributed by atoms with Gasteiger partial charge in [-0.15, -0.1) is 0 Å². The quantitative estimate of drug-likeness (QED) is 0.797. The topological polar surface area (TPSA) is 85.9 Å². The maximum Gasteiger partial charge on any atom is 0.408 e. The molecule has 0 heterocycles. The summed E-state index contributed by atoms with van der Waals surface area (Å²) in [7, 11) is 1.51. The molecule has 7 heteroatoms. The lowest BCUT2D eigenvalue weighted by Gasteiger charge is -2.23. The number of alkyl carbamates (subject to hydrolysis) is 2. The van der Waals surface area contributed by atoms with Crippen molar-refractivity contribution in [3.63, 3.8) is 0 Å². The SMILES string of the molecule is COCC(CNC(=O)OCc1ccccc1)NC(=O)OC(C)(C)C. The van der Waals surface area contributed by atoms with Gasteiger partial charge in [-0.1, -0.05) is 30.3 Å². The highest BCUT2D eigenvalue weighted by molar-refractivity contribution is 5.69. The highest BCUT2D eigenvalue weighted by atomic mass is 16.6. The van der Waals surface area contributed by atoms with Gasteiger partial charge in [-0.3, -0.25) is 0 Å². The lowest BCUT2D eigenvalue weighted by molar-refractivity contribution is 0.0466. The van der Waals surface area contributed by atoms with Crippen molar-refractivity contribution >= 4 is 12.2 Å². The number of carbonyl (C=O) groups excluding carboxylic acids is 2. The minimum absolute atomic E-state index is 0.167. The van der Waals surface area contributed by atoms with E-state index in [1.54, 1.807) is 20.8 Å². The first kappa shape index (κ1) is 19.8. The van der Waals surface area contributed by atoms with Crippen molar-refractivity contribution in [2.75, 3.05) is 20.3 Å². The summed E-state index contributed by atoms with van der Waals surface area (Å²) in [4.78, 5) is 23.5. The fraction of sp³-hybridized carbons (Fsp3) is 0.529. The Morgan fingerprint density at radius 2 is 1.79 bits per heavy atom. The first-order valence-corrected chi connectivity index (χ1v) is 7.73. The van der Waals surface area contributed by atoms with E-state index in [-0.39, 0.29) is 19.8 Å². The molecule has 0 aliphatic heterocycles. The Hall–Kier alpha value is -2.28. The van der Waals surface area contributed by atoms with Crippen LogP contribution < -0.4 is 10.6 Å². The summed E-state index contributed by atoms with van der Waals surface area (Å²) in [5.74, 6) is 0. The number of ether oxygens (including phenoxy) is 3. The van der Waals surface area contributed by atoms with E-state index >= 15 is 0 Å². The second kappa shape index (κ2) is 9.77. The van der Waals surface area contributed by atoms with Crippen molar-refractivity contribution < 1.29 is 23.8 Å². The highest BCUT2D eigenvalue weighted by Gasteiger charge is 2.20. The highest BCUT2D eigenvalue weighted by Crippen LogP contribution is 2.06. The molecular formula is C17H26N2O5. The summed E-state index contributed by atoms with van der Waals surface area (Å²) in [6.07, 6.45) is -1.13. The zero-order valence-electron chi connectivity index (χ0n) is 14.6. The Kier molecular flexibility index (Phi) is 8.05. The molecule has 1 unspecified atom stereocenters. The summed E-state index contributed by atoms with van der Waals surface area (Å²) in [5.41, 5.74) is 0.303. The van der Waals surface area contributed by atoms with Crippen molar-refractivity contribution in [2.24, 2.45) is 0 Å². The molecule has 0 spiro atoms. The van der Waals surface area contributed by atoms with E-state index in [4.69, 9.17) is 14.2 Å². The van der Waals surface area contributed by atoms with Crippen LogP contribution >= 0.6 is 0 Å². The third-order valence-electron chi connectivity index (χ3n) is 2.79. The smallest absolute Gasteiger partial charge is 0.408 e. The molecule has 24 heavy (non-hydrogen) atoms. The maximum absolute atomic E-state index is 11.8. The van der Waals surface area contributed by atoms with Gasteiger partial charge < -0.3 is 24.8 Å².